The number of fused-ring (bicyclic) bond motifs is 3. The van der Waals surface area contributed by atoms with Crippen molar-refractivity contribution in [2.24, 2.45) is 0 Å². The molecule has 7 rings (SSSR count). The van der Waals surface area contributed by atoms with E-state index in [9.17, 15) is 6.63 Å². The van der Waals surface area contributed by atoms with E-state index in [-0.39, 0.29) is 51.4 Å². The van der Waals surface area contributed by atoms with Crippen molar-refractivity contribution in [3.05, 3.63) is 89.1 Å². The molecule has 1 spiro atoms. The van der Waals surface area contributed by atoms with E-state index >= 15 is 0 Å². The molecule has 3 aromatic carbocycles. The number of nitrogens with zero attached hydrogens (tertiary/aromatic N) is 2. The van der Waals surface area contributed by atoms with Gasteiger partial charge in [-0.2, -0.15) is 5.26 Å². The Kier molecular flexibility index (Phi) is 4.17. The Hall–Kier alpha value is -3.68. The summed E-state index contributed by atoms with van der Waals surface area (Å²) in [5.41, 5.74) is 2.58. The van der Waals surface area contributed by atoms with Gasteiger partial charge < -0.3 is 4.42 Å². The summed E-state index contributed by atoms with van der Waals surface area (Å²) in [6, 6.07) is 21.0. The summed E-state index contributed by atoms with van der Waals surface area (Å²) < 4.78 is 74.3. The molecule has 0 saturated carbocycles. The lowest BCUT2D eigenvalue weighted by molar-refractivity contribution is 0.598. The Morgan fingerprint density at radius 1 is 0.949 bits per heavy atom. The largest absolute Gasteiger partial charge is 0.455 e. The van der Waals surface area contributed by atoms with Crippen LogP contribution in [0.1, 0.15) is 64.8 Å². The van der Waals surface area contributed by atoms with Gasteiger partial charge in [-0.1, -0.05) is 67.3 Å². The Bertz CT molecular complexity index is 2080. The highest BCUT2D eigenvalue weighted by molar-refractivity contribution is 6.80. The molecule has 2 saturated heterocycles. The number of aromatic nitrogens is 1. The SMILES string of the molecule is [2H]c1cc(C2CC[Si]3(CCCC3)CC2)cc(C([2H])([2H])[2H])c1-c1cc(-c2cccc3c2oc2c([2H])c(C#N)ccc23)ncc1C([2H])([2H])[2H]. The molecule has 0 amide bonds. The van der Waals surface area contributed by atoms with Crippen molar-refractivity contribution in [3.63, 3.8) is 0 Å². The van der Waals surface area contributed by atoms with E-state index in [0.29, 0.717) is 27.6 Å². The summed E-state index contributed by atoms with van der Waals surface area (Å²) in [5.74, 6) is 0.192. The molecule has 3 nitrogen and oxygen atoms in total. The van der Waals surface area contributed by atoms with Crippen LogP contribution in [0, 0.1) is 25.0 Å². The third-order valence-electron chi connectivity index (χ3n) is 9.13. The van der Waals surface area contributed by atoms with E-state index in [1.807, 2.05) is 12.1 Å². The topological polar surface area (TPSA) is 49.8 Å². The van der Waals surface area contributed by atoms with Crippen LogP contribution in [0.2, 0.25) is 24.2 Å². The van der Waals surface area contributed by atoms with Crippen molar-refractivity contribution in [1.29, 1.82) is 5.26 Å². The van der Waals surface area contributed by atoms with Gasteiger partial charge in [-0.25, -0.2) is 0 Å². The van der Waals surface area contributed by atoms with Gasteiger partial charge in [-0.05, 0) is 90.6 Å². The molecule has 2 aliphatic heterocycles. The molecule has 2 aromatic heterocycles. The first-order chi connectivity index (χ1) is 22.3. The van der Waals surface area contributed by atoms with Gasteiger partial charge in [-0.15, -0.1) is 0 Å². The highest BCUT2D eigenvalue weighted by Gasteiger charge is 2.39. The van der Waals surface area contributed by atoms with Crippen LogP contribution in [-0.4, -0.2) is 13.1 Å². The van der Waals surface area contributed by atoms with E-state index in [2.05, 4.69) is 4.98 Å². The van der Waals surface area contributed by atoms with Crippen molar-refractivity contribution in [2.45, 2.75) is 69.5 Å². The number of nitriles is 1. The number of para-hydroxylation sites is 1. The van der Waals surface area contributed by atoms with E-state index in [1.165, 1.54) is 43.2 Å². The van der Waals surface area contributed by atoms with Crippen molar-refractivity contribution >= 4 is 30.0 Å². The van der Waals surface area contributed by atoms with Crippen molar-refractivity contribution in [1.82, 2.24) is 4.98 Å². The van der Waals surface area contributed by atoms with Crippen LogP contribution >= 0.6 is 0 Å². The van der Waals surface area contributed by atoms with Gasteiger partial charge in [0.2, 0.25) is 0 Å². The highest BCUT2D eigenvalue weighted by atomic mass is 28.3. The van der Waals surface area contributed by atoms with Gasteiger partial charge in [0.15, 0.2) is 0 Å². The van der Waals surface area contributed by atoms with Crippen LogP contribution in [0.4, 0.5) is 0 Å². The first-order valence-corrected chi connectivity index (χ1v) is 16.6. The number of pyridine rings is 1. The highest BCUT2D eigenvalue weighted by Crippen LogP contribution is 2.47. The maximum Gasteiger partial charge on any atom is 0.144 e. The molecule has 2 fully saturated rings. The molecule has 0 unspecified atom stereocenters. The van der Waals surface area contributed by atoms with E-state index in [0.717, 1.165) is 18.4 Å². The first kappa shape index (κ1) is 17.1. The molecular formula is C35H34N2OSi. The van der Waals surface area contributed by atoms with Crippen LogP contribution < -0.4 is 0 Å². The maximum absolute atomic E-state index is 9.43. The second kappa shape index (κ2) is 9.50. The van der Waals surface area contributed by atoms with Crippen LogP contribution in [0.15, 0.2) is 71.2 Å². The monoisotopic (exact) mass is 534 g/mol. The molecule has 194 valence electrons. The normalized spacial score (nSPS) is 20.9. The number of hydrogen-bond acceptors (Lipinski definition) is 3. The molecular weight excluding hydrogens is 492 g/mol. The fourth-order valence-corrected chi connectivity index (χ4v) is 12.4. The average Bonchev–Trinajstić information content (AvgIpc) is 3.65. The number of furan rings is 1. The van der Waals surface area contributed by atoms with Crippen molar-refractivity contribution in [2.75, 3.05) is 0 Å². The molecule has 4 heterocycles. The van der Waals surface area contributed by atoms with Crippen LogP contribution in [0.25, 0.3) is 44.3 Å². The van der Waals surface area contributed by atoms with Gasteiger partial charge in [0.05, 0.1) is 28.1 Å². The van der Waals surface area contributed by atoms with E-state index in [1.54, 1.807) is 42.5 Å². The molecule has 39 heavy (non-hydrogen) atoms. The summed E-state index contributed by atoms with van der Waals surface area (Å²) in [6.45, 7) is -5.21. The first-order valence-electron chi connectivity index (χ1n) is 17.8. The predicted octanol–water partition coefficient (Wildman–Crippen LogP) is 9.92. The minimum Gasteiger partial charge on any atom is -0.455 e. The lowest BCUT2D eigenvalue weighted by atomic mass is 9.88. The Balaban J connectivity index is 1.39. The second-order valence-electron chi connectivity index (χ2n) is 11.3. The quantitative estimate of drug-likeness (QED) is 0.216. The van der Waals surface area contributed by atoms with Crippen molar-refractivity contribution in [3.8, 4) is 28.5 Å². The molecule has 5 aromatic rings. The summed E-state index contributed by atoms with van der Waals surface area (Å²) in [4.78, 5) is 4.51. The van der Waals surface area contributed by atoms with Gasteiger partial charge in [0.1, 0.15) is 11.2 Å². The Morgan fingerprint density at radius 3 is 2.59 bits per heavy atom. The second-order valence-corrected chi connectivity index (χ2v) is 16.3. The molecule has 0 atom stereocenters. The zero-order valence-electron chi connectivity index (χ0n) is 29.7. The fourth-order valence-electron chi connectivity index (χ4n) is 6.96. The third kappa shape index (κ3) is 4.21. The summed E-state index contributed by atoms with van der Waals surface area (Å²) in [7, 11) is -1.19. The van der Waals surface area contributed by atoms with Gasteiger partial charge in [0, 0.05) is 30.8 Å². The van der Waals surface area contributed by atoms with Gasteiger partial charge >= 0.3 is 0 Å². The minimum absolute atomic E-state index is 0.0144. The Labute approximate surface area is 242 Å². The van der Waals surface area contributed by atoms with Crippen LogP contribution in [0.5, 0.6) is 0 Å². The fraction of sp³-hybridized carbons (Fsp3) is 0.314. The lowest BCUT2D eigenvalue weighted by Crippen LogP contribution is -2.34. The summed E-state index contributed by atoms with van der Waals surface area (Å²) >= 11 is 0. The molecule has 0 radical (unpaired) electrons. The third-order valence-corrected chi connectivity index (χ3v) is 14.7. The molecule has 0 bridgehead atoms. The van der Waals surface area contributed by atoms with Gasteiger partial charge in [0.25, 0.3) is 0 Å². The number of aryl methyl sites for hydroxylation is 2. The van der Waals surface area contributed by atoms with Crippen LogP contribution in [-0.2, 0) is 0 Å². The summed E-state index contributed by atoms with van der Waals surface area (Å²) in [5, 5.41) is 10.8. The number of rotatable bonds is 3. The zero-order chi connectivity index (χ0) is 33.3. The standard InChI is InChI=1S/C35H34N2OSi/c1-23-18-27(26-12-16-39(17-13-26)14-3-4-15-39)9-11-28(23)32-20-33(37-22-24(32)2)31-7-5-6-30-29-10-8-25(21-36)19-34(29)38-35(30)31/h5-11,18-20,22,26H,3-4,12-17H2,1-2H3/i1D3,2D3,11D,19D. The van der Waals surface area contributed by atoms with Crippen molar-refractivity contribution < 1.29 is 15.4 Å². The molecule has 4 heteroatoms. The zero-order valence-corrected chi connectivity index (χ0v) is 22.7. The van der Waals surface area contributed by atoms with Gasteiger partial charge in [-0.3, -0.25) is 4.98 Å². The van der Waals surface area contributed by atoms with Crippen LogP contribution in [0.3, 0.4) is 0 Å². The predicted molar refractivity (Wildman–Crippen MR) is 163 cm³/mol. The molecule has 0 N–H and O–H groups in total. The van der Waals surface area contributed by atoms with E-state index < -0.39 is 21.8 Å². The maximum atomic E-state index is 9.43. The number of benzene rings is 3. The Morgan fingerprint density at radius 2 is 1.79 bits per heavy atom. The smallest absolute Gasteiger partial charge is 0.144 e. The number of hydrogen-bond donors (Lipinski definition) is 0. The minimum atomic E-state index is -2.62. The average molecular weight is 535 g/mol. The lowest BCUT2D eigenvalue weighted by Gasteiger charge is -2.36. The summed E-state index contributed by atoms with van der Waals surface area (Å²) in [6.07, 6.45) is 5.95. The molecule has 0 aliphatic carbocycles. The molecule has 2 aliphatic rings. The van der Waals surface area contributed by atoms with E-state index in [4.69, 9.17) is 14.0 Å².